The van der Waals surface area contributed by atoms with Crippen LogP contribution in [0.5, 0.6) is 0 Å². The van der Waals surface area contributed by atoms with Gasteiger partial charge in [-0.2, -0.15) is 0 Å². The van der Waals surface area contributed by atoms with Crippen LogP contribution in [0.1, 0.15) is 25.3 Å². The molecule has 5 heteroatoms. The Morgan fingerprint density at radius 2 is 1.84 bits per heavy atom. The van der Waals surface area contributed by atoms with E-state index in [2.05, 4.69) is 19.2 Å². The van der Waals surface area contributed by atoms with Crippen LogP contribution in [-0.2, 0) is 0 Å². The maximum Gasteiger partial charge on any atom is 0.330 e. The Morgan fingerprint density at radius 1 is 1.21 bits per heavy atom. The Morgan fingerprint density at radius 3 is 2.32 bits per heavy atom. The van der Waals surface area contributed by atoms with Gasteiger partial charge >= 0.3 is 12.1 Å². The summed E-state index contributed by atoms with van der Waals surface area (Å²) in [6, 6.07) is 7.06. The van der Waals surface area contributed by atoms with E-state index < -0.39 is 0 Å². The van der Waals surface area contributed by atoms with Gasteiger partial charge in [0.15, 0.2) is 0 Å². The molecule has 1 saturated heterocycles. The van der Waals surface area contributed by atoms with Crippen LogP contribution < -0.4 is 5.32 Å². The molecular formula is C14H19N3O2. The fraction of sp³-hybridized carbons (Fsp3) is 0.429. The Kier molecular flexibility index (Phi) is 3.74. The molecule has 1 aliphatic rings. The van der Waals surface area contributed by atoms with E-state index in [1.165, 1.54) is 15.4 Å². The van der Waals surface area contributed by atoms with Crippen LogP contribution in [0, 0.1) is 0 Å². The zero-order valence-electron chi connectivity index (χ0n) is 11.5. The van der Waals surface area contributed by atoms with Crippen molar-refractivity contribution >= 4 is 17.7 Å². The fourth-order valence-corrected chi connectivity index (χ4v) is 1.98. The summed E-state index contributed by atoms with van der Waals surface area (Å²) in [7, 11) is 1.69. The molecule has 4 amide bonds. The minimum Gasteiger partial charge on any atom is -0.326 e. The lowest BCUT2D eigenvalue weighted by Gasteiger charge is -2.15. The molecule has 0 spiro atoms. The van der Waals surface area contributed by atoms with Crippen LogP contribution in [0.3, 0.4) is 0 Å². The van der Waals surface area contributed by atoms with Crippen molar-refractivity contribution in [3.8, 4) is 0 Å². The summed E-state index contributed by atoms with van der Waals surface area (Å²) >= 11 is 0. The quantitative estimate of drug-likeness (QED) is 0.890. The second-order valence-corrected chi connectivity index (χ2v) is 5.06. The van der Waals surface area contributed by atoms with Gasteiger partial charge in [-0.15, -0.1) is 0 Å². The second-order valence-electron chi connectivity index (χ2n) is 5.06. The molecule has 0 saturated carbocycles. The van der Waals surface area contributed by atoms with Gasteiger partial charge in [-0.05, 0) is 23.6 Å². The minimum absolute atomic E-state index is 0.253. The molecular weight excluding hydrogens is 242 g/mol. The molecule has 0 aliphatic carbocycles. The van der Waals surface area contributed by atoms with Crippen LogP contribution in [0.2, 0.25) is 0 Å². The molecule has 0 unspecified atom stereocenters. The summed E-state index contributed by atoms with van der Waals surface area (Å²) in [5.41, 5.74) is 1.92. The topological polar surface area (TPSA) is 52.7 Å². The molecule has 5 nitrogen and oxygen atoms in total. The SMILES string of the molecule is CC(C)c1ccc(NC(=O)N2CCN(C)C2=O)cc1. The van der Waals surface area contributed by atoms with Gasteiger partial charge in [0, 0.05) is 25.8 Å². The van der Waals surface area contributed by atoms with Crippen LogP contribution in [0.15, 0.2) is 24.3 Å². The molecule has 0 aromatic heterocycles. The fourth-order valence-electron chi connectivity index (χ4n) is 1.98. The van der Waals surface area contributed by atoms with Gasteiger partial charge in [0.2, 0.25) is 0 Å². The van der Waals surface area contributed by atoms with Crippen molar-refractivity contribution in [3.05, 3.63) is 29.8 Å². The number of carbonyl (C=O) groups is 2. The summed E-state index contributed by atoms with van der Waals surface area (Å²) in [6.07, 6.45) is 0. The van der Waals surface area contributed by atoms with E-state index >= 15 is 0 Å². The maximum absolute atomic E-state index is 12.0. The number of amides is 4. The minimum atomic E-state index is -0.369. The van der Waals surface area contributed by atoms with Crippen LogP contribution in [0.4, 0.5) is 15.3 Å². The zero-order chi connectivity index (χ0) is 14.0. The molecule has 1 N–H and O–H groups in total. The first kappa shape index (κ1) is 13.4. The lowest BCUT2D eigenvalue weighted by atomic mass is 10.0. The highest BCUT2D eigenvalue weighted by molar-refractivity contribution is 6.01. The molecule has 19 heavy (non-hydrogen) atoms. The highest BCUT2D eigenvalue weighted by Gasteiger charge is 2.30. The van der Waals surface area contributed by atoms with E-state index in [4.69, 9.17) is 0 Å². The molecule has 0 bridgehead atoms. The second kappa shape index (κ2) is 5.30. The standard InChI is InChI=1S/C14H19N3O2/c1-10(2)11-4-6-12(7-5-11)15-13(18)17-9-8-16(3)14(17)19/h4-7,10H,8-9H2,1-3H3,(H,15,18). The highest BCUT2D eigenvalue weighted by Crippen LogP contribution is 2.18. The van der Waals surface area contributed by atoms with Gasteiger partial charge in [-0.1, -0.05) is 26.0 Å². The van der Waals surface area contributed by atoms with Crippen molar-refractivity contribution in [2.24, 2.45) is 0 Å². The molecule has 102 valence electrons. The monoisotopic (exact) mass is 261 g/mol. The van der Waals surface area contributed by atoms with Crippen molar-refractivity contribution in [1.29, 1.82) is 0 Å². The third-order valence-electron chi connectivity index (χ3n) is 3.29. The molecule has 1 aromatic rings. The van der Waals surface area contributed by atoms with E-state index in [1.807, 2.05) is 24.3 Å². The predicted molar refractivity (Wildman–Crippen MR) is 74.3 cm³/mol. The number of imide groups is 1. The van der Waals surface area contributed by atoms with Crippen LogP contribution in [0.25, 0.3) is 0 Å². The molecule has 0 radical (unpaired) electrons. The normalized spacial score (nSPS) is 15.3. The number of urea groups is 2. The largest absolute Gasteiger partial charge is 0.330 e. The van der Waals surface area contributed by atoms with E-state index in [1.54, 1.807) is 7.05 Å². The Bertz CT molecular complexity index is 482. The Labute approximate surface area is 113 Å². The van der Waals surface area contributed by atoms with Crippen molar-refractivity contribution < 1.29 is 9.59 Å². The number of nitrogens with zero attached hydrogens (tertiary/aromatic N) is 2. The highest BCUT2D eigenvalue weighted by atomic mass is 16.2. The maximum atomic E-state index is 12.0. The summed E-state index contributed by atoms with van der Waals surface area (Å²) in [4.78, 5) is 26.4. The van der Waals surface area contributed by atoms with Gasteiger partial charge in [-0.25, -0.2) is 14.5 Å². The van der Waals surface area contributed by atoms with Gasteiger partial charge in [0.25, 0.3) is 0 Å². The number of anilines is 1. The first-order valence-electron chi connectivity index (χ1n) is 6.42. The molecule has 1 fully saturated rings. The summed E-state index contributed by atoms with van der Waals surface area (Å²) in [5.74, 6) is 0.457. The first-order valence-corrected chi connectivity index (χ1v) is 6.42. The van der Waals surface area contributed by atoms with Gasteiger partial charge in [-0.3, -0.25) is 0 Å². The number of benzene rings is 1. The van der Waals surface area contributed by atoms with Crippen LogP contribution in [-0.4, -0.2) is 42.0 Å². The molecule has 1 heterocycles. The Hall–Kier alpha value is -2.04. The van der Waals surface area contributed by atoms with Crippen molar-refractivity contribution in [1.82, 2.24) is 9.80 Å². The van der Waals surface area contributed by atoms with Gasteiger partial charge in [0.05, 0.1) is 0 Å². The summed E-state index contributed by atoms with van der Waals surface area (Å²) in [6.45, 7) is 5.25. The number of hydrogen-bond acceptors (Lipinski definition) is 2. The van der Waals surface area contributed by atoms with Crippen LogP contribution >= 0.6 is 0 Å². The average molecular weight is 261 g/mol. The Balaban J connectivity index is 2.01. The number of nitrogens with one attached hydrogen (secondary N) is 1. The van der Waals surface area contributed by atoms with Crippen molar-refractivity contribution in [2.75, 3.05) is 25.5 Å². The lowest BCUT2D eigenvalue weighted by molar-refractivity contribution is 0.195. The molecule has 1 aliphatic heterocycles. The van der Waals surface area contributed by atoms with Gasteiger partial charge < -0.3 is 10.2 Å². The molecule has 2 rings (SSSR count). The third kappa shape index (κ3) is 2.86. The van der Waals surface area contributed by atoms with Crippen molar-refractivity contribution in [3.63, 3.8) is 0 Å². The predicted octanol–water partition coefficient (Wildman–Crippen LogP) is 2.71. The third-order valence-corrected chi connectivity index (χ3v) is 3.29. The van der Waals surface area contributed by atoms with E-state index in [9.17, 15) is 9.59 Å². The van der Waals surface area contributed by atoms with Gasteiger partial charge in [0.1, 0.15) is 0 Å². The van der Waals surface area contributed by atoms with Crippen molar-refractivity contribution in [2.45, 2.75) is 19.8 Å². The number of hydrogen-bond donors (Lipinski definition) is 1. The van der Waals surface area contributed by atoms with E-state index in [0.29, 0.717) is 24.7 Å². The number of rotatable bonds is 2. The summed E-state index contributed by atoms with van der Waals surface area (Å²) in [5, 5.41) is 2.74. The zero-order valence-corrected chi connectivity index (χ0v) is 11.5. The smallest absolute Gasteiger partial charge is 0.326 e. The average Bonchev–Trinajstić information content (AvgIpc) is 2.70. The first-order chi connectivity index (χ1) is 8.99. The van der Waals surface area contributed by atoms with E-state index in [0.717, 1.165) is 0 Å². The van der Waals surface area contributed by atoms with E-state index in [-0.39, 0.29) is 12.1 Å². The molecule has 0 atom stereocenters. The lowest BCUT2D eigenvalue weighted by Crippen LogP contribution is -2.37. The number of carbonyl (C=O) groups excluding carboxylic acids is 2. The molecule has 1 aromatic carbocycles. The number of likely N-dealkylation sites (N-methyl/N-ethyl adjacent to an activating group) is 1. The summed E-state index contributed by atoms with van der Waals surface area (Å²) < 4.78 is 0.